The lowest BCUT2D eigenvalue weighted by atomic mass is 10.3. The molecule has 0 atom stereocenters. The van der Waals surface area contributed by atoms with Gasteiger partial charge in [0, 0.05) is 0 Å². The second-order valence-corrected chi connectivity index (χ2v) is 2.00. The Morgan fingerprint density at radius 3 is 1.67 bits per heavy atom. The molecule has 0 rings (SSSR count). The van der Waals surface area contributed by atoms with E-state index in [0.717, 1.165) is 0 Å². The predicted molar refractivity (Wildman–Crippen MR) is 47.8 cm³/mol. The molecule has 0 amide bonds. The standard InChI is InChI=1S/C8H14N2O2/c1-4-11-7(9)6(3)8(10)12-5-2/h9-10H,3-5H2,1-2H3. The summed E-state index contributed by atoms with van der Waals surface area (Å²) in [5.41, 5.74) is 0.179. The van der Waals surface area contributed by atoms with Crippen LogP contribution in [0.5, 0.6) is 0 Å². The minimum absolute atomic E-state index is 0.101. The molecule has 12 heavy (non-hydrogen) atoms. The zero-order chi connectivity index (χ0) is 9.56. The predicted octanol–water partition coefficient (Wildman–Crippen LogP) is 1.57. The highest BCUT2D eigenvalue weighted by atomic mass is 16.5. The summed E-state index contributed by atoms with van der Waals surface area (Å²) in [6.07, 6.45) is 0. The molecule has 0 aliphatic rings. The number of nitrogens with one attached hydrogen (secondary N) is 2. The van der Waals surface area contributed by atoms with E-state index in [-0.39, 0.29) is 17.4 Å². The van der Waals surface area contributed by atoms with Crippen molar-refractivity contribution in [3.8, 4) is 0 Å². The van der Waals surface area contributed by atoms with E-state index >= 15 is 0 Å². The topological polar surface area (TPSA) is 66.2 Å². The molecule has 0 bridgehead atoms. The molecule has 4 heteroatoms. The molecule has 0 aliphatic heterocycles. The molecule has 0 unspecified atom stereocenters. The van der Waals surface area contributed by atoms with Crippen molar-refractivity contribution in [1.82, 2.24) is 0 Å². The number of hydrogen-bond donors (Lipinski definition) is 2. The Balaban J connectivity index is 4.01. The lowest BCUT2D eigenvalue weighted by Gasteiger charge is -2.08. The number of rotatable bonds is 4. The van der Waals surface area contributed by atoms with E-state index in [1.165, 1.54) is 0 Å². The first-order valence-electron chi connectivity index (χ1n) is 3.75. The van der Waals surface area contributed by atoms with Crippen molar-refractivity contribution in [3.05, 3.63) is 12.2 Å². The summed E-state index contributed by atoms with van der Waals surface area (Å²) in [6.45, 7) is 7.83. The fourth-order valence-corrected chi connectivity index (χ4v) is 0.566. The van der Waals surface area contributed by atoms with Crippen LogP contribution in [0.1, 0.15) is 13.8 Å². The molecule has 0 aromatic heterocycles. The van der Waals surface area contributed by atoms with Crippen molar-refractivity contribution in [3.63, 3.8) is 0 Å². The van der Waals surface area contributed by atoms with Crippen LogP contribution < -0.4 is 0 Å². The molecule has 4 nitrogen and oxygen atoms in total. The lowest BCUT2D eigenvalue weighted by Crippen LogP contribution is -2.15. The van der Waals surface area contributed by atoms with Crippen molar-refractivity contribution in [2.75, 3.05) is 13.2 Å². The van der Waals surface area contributed by atoms with Gasteiger partial charge in [-0.2, -0.15) is 0 Å². The Bertz CT molecular complexity index is 179. The van der Waals surface area contributed by atoms with E-state index in [1.54, 1.807) is 13.8 Å². The molecule has 0 aromatic rings. The normalized spacial score (nSPS) is 8.83. The molecular formula is C8H14N2O2. The van der Waals surface area contributed by atoms with Crippen molar-refractivity contribution in [2.24, 2.45) is 0 Å². The first kappa shape index (κ1) is 10.7. The summed E-state index contributed by atoms with van der Waals surface area (Å²) >= 11 is 0. The van der Waals surface area contributed by atoms with Crippen LogP contribution in [-0.4, -0.2) is 25.0 Å². The van der Waals surface area contributed by atoms with Crippen LogP contribution >= 0.6 is 0 Å². The fourth-order valence-electron chi connectivity index (χ4n) is 0.566. The third-order valence-electron chi connectivity index (χ3n) is 1.13. The maximum atomic E-state index is 7.26. The monoisotopic (exact) mass is 170 g/mol. The summed E-state index contributed by atoms with van der Waals surface area (Å²) in [7, 11) is 0. The molecule has 0 radical (unpaired) electrons. The Hall–Kier alpha value is -1.32. The second kappa shape index (κ2) is 5.35. The lowest BCUT2D eigenvalue weighted by molar-refractivity contribution is 0.312. The van der Waals surface area contributed by atoms with Crippen molar-refractivity contribution < 1.29 is 9.47 Å². The molecule has 0 aliphatic carbocycles. The van der Waals surface area contributed by atoms with Gasteiger partial charge in [0.15, 0.2) is 0 Å². The Kier molecular flexibility index (Phi) is 4.76. The van der Waals surface area contributed by atoms with Crippen molar-refractivity contribution in [1.29, 1.82) is 10.8 Å². The first-order chi connectivity index (χ1) is 5.63. The number of hydrogen-bond acceptors (Lipinski definition) is 4. The summed E-state index contributed by atoms with van der Waals surface area (Å²) < 4.78 is 9.67. The van der Waals surface area contributed by atoms with Gasteiger partial charge in [0.2, 0.25) is 11.8 Å². The largest absolute Gasteiger partial charge is 0.478 e. The highest BCUT2D eigenvalue weighted by Gasteiger charge is 2.09. The molecule has 0 aromatic carbocycles. The van der Waals surface area contributed by atoms with Crippen LogP contribution in [-0.2, 0) is 9.47 Å². The number of ether oxygens (including phenoxy) is 2. The molecule has 0 heterocycles. The molecule has 0 saturated carbocycles. The summed E-state index contributed by atoms with van der Waals surface area (Å²) in [6, 6.07) is 0. The summed E-state index contributed by atoms with van der Waals surface area (Å²) in [5, 5.41) is 14.5. The van der Waals surface area contributed by atoms with E-state index in [9.17, 15) is 0 Å². The van der Waals surface area contributed by atoms with Gasteiger partial charge in [-0.1, -0.05) is 6.58 Å². The van der Waals surface area contributed by atoms with Gasteiger partial charge in [0.1, 0.15) is 0 Å². The maximum Gasteiger partial charge on any atom is 0.218 e. The first-order valence-corrected chi connectivity index (χ1v) is 3.75. The third-order valence-corrected chi connectivity index (χ3v) is 1.13. The average molecular weight is 170 g/mol. The maximum absolute atomic E-state index is 7.26. The minimum Gasteiger partial charge on any atom is -0.478 e. The molecular weight excluding hydrogens is 156 g/mol. The third kappa shape index (κ3) is 3.18. The van der Waals surface area contributed by atoms with Crippen LogP contribution in [0.2, 0.25) is 0 Å². The van der Waals surface area contributed by atoms with E-state index < -0.39 is 0 Å². The van der Waals surface area contributed by atoms with Crippen LogP contribution in [0.25, 0.3) is 0 Å². The minimum atomic E-state index is -0.101. The highest BCUT2D eigenvalue weighted by molar-refractivity contribution is 6.15. The smallest absolute Gasteiger partial charge is 0.218 e. The van der Waals surface area contributed by atoms with E-state index in [2.05, 4.69) is 6.58 Å². The highest BCUT2D eigenvalue weighted by Crippen LogP contribution is 1.98. The molecule has 2 N–H and O–H groups in total. The van der Waals surface area contributed by atoms with Crippen LogP contribution in [0, 0.1) is 10.8 Å². The van der Waals surface area contributed by atoms with Gasteiger partial charge in [-0.25, -0.2) is 0 Å². The van der Waals surface area contributed by atoms with Gasteiger partial charge in [-0.15, -0.1) is 0 Å². The van der Waals surface area contributed by atoms with Crippen LogP contribution in [0.3, 0.4) is 0 Å². The van der Waals surface area contributed by atoms with Gasteiger partial charge in [0.25, 0.3) is 0 Å². The fraction of sp³-hybridized carbons (Fsp3) is 0.500. The molecule has 68 valence electrons. The van der Waals surface area contributed by atoms with Crippen LogP contribution in [0.4, 0.5) is 0 Å². The van der Waals surface area contributed by atoms with E-state index in [4.69, 9.17) is 20.3 Å². The zero-order valence-electron chi connectivity index (χ0n) is 7.44. The Morgan fingerprint density at radius 2 is 1.42 bits per heavy atom. The quantitative estimate of drug-likeness (QED) is 0.496. The SMILES string of the molecule is C=C(C(=N)OCC)C(=N)OCC. The summed E-state index contributed by atoms with van der Waals surface area (Å²) in [5.74, 6) is -0.202. The van der Waals surface area contributed by atoms with Gasteiger partial charge >= 0.3 is 0 Å². The average Bonchev–Trinajstić information content (AvgIpc) is 2.04. The zero-order valence-corrected chi connectivity index (χ0v) is 7.44. The van der Waals surface area contributed by atoms with Gasteiger partial charge < -0.3 is 9.47 Å². The van der Waals surface area contributed by atoms with Gasteiger partial charge in [-0.3, -0.25) is 10.8 Å². The van der Waals surface area contributed by atoms with E-state index in [0.29, 0.717) is 13.2 Å². The molecule has 0 spiro atoms. The second-order valence-electron chi connectivity index (χ2n) is 2.00. The van der Waals surface area contributed by atoms with Crippen LogP contribution in [0.15, 0.2) is 12.2 Å². The van der Waals surface area contributed by atoms with Gasteiger partial charge in [0.05, 0.1) is 18.8 Å². The van der Waals surface area contributed by atoms with Gasteiger partial charge in [-0.05, 0) is 13.8 Å². The Morgan fingerprint density at radius 1 is 1.08 bits per heavy atom. The van der Waals surface area contributed by atoms with E-state index in [1.807, 2.05) is 0 Å². The molecule has 0 fully saturated rings. The summed E-state index contributed by atoms with van der Waals surface area (Å²) in [4.78, 5) is 0. The van der Waals surface area contributed by atoms with Crippen molar-refractivity contribution in [2.45, 2.75) is 13.8 Å². The molecule has 0 saturated heterocycles. The Labute approximate surface area is 72.2 Å². The van der Waals surface area contributed by atoms with Crippen molar-refractivity contribution >= 4 is 11.8 Å².